The van der Waals surface area contributed by atoms with Crippen molar-refractivity contribution in [3.05, 3.63) is 0 Å². The van der Waals surface area contributed by atoms with Crippen molar-refractivity contribution >= 4 is 0 Å². The van der Waals surface area contributed by atoms with Crippen LogP contribution in [0.15, 0.2) is 0 Å². The molecule has 0 spiro atoms. The molecule has 0 aliphatic carbocycles. The zero-order valence-corrected chi connectivity index (χ0v) is 6.01. The quantitative estimate of drug-likeness (QED) is 0.533. The van der Waals surface area contributed by atoms with Gasteiger partial charge in [0.15, 0.2) is 0 Å². The molecule has 2 heteroatoms. The fraction of sp³-hybridized carbons (Fsp3) is 0.750. The number of hydrogen-bond donors (Lipinski definition) is 2. The lowest BCUT2D eigenvalue weighted by Crippen LogP contribution is -2.34. The molecule has 0 bridgehead atoms. The van der Waals surface area contributed by atoms with Gasteiger partial charge in [-0.15, -0.1) is 12.3 Å². The molecule has 2 N–H and O–H groups in total. The van der Waals surface area contributed by atoms with E-state index in [1.54, 1.807) is 0 Å². The van der Waals surface area contributed by atoms with Gasteiger partial charge < -0.3 is 10.4 Å². The zero-order chi connectivity index (χ0) is 7.40. The fourth-order valence-electron chi connectivity index (χ4n) is 1.30. The van der Waals surface area contributed by atoms with Gasteiger partial charge in [-0.25, -0.2) is 0 Å². The highest BCUT2D eigenvalue weighted by molar-refractivity contribution is 4.92. The van der Waals surface area contributed by atoms with Crippen molar-refractivity contribution in [3.8, 4) is 12.3 Å². The SMILES string of the molecule is C#CCC(O)[C@H]1CCCN1. The third kappa shape index (κ3) is 1.73. The lowest BCUT2D eigenvalue weighted by molar-refractivity contribution is 0.141. The normalized spacial score (nSPS) is 27.8. The van der Waals surface area contributed by atoms with Gasteiger partial charge in [-0.2, -0.15) is 0 Å². The molecule has 0 aromatic carbocycles. The Bertz CT molecular complexity index is 133. The maximum absolute atomic E-state index is 9.34. The van der Waals surface area contributed by atoms with Crippen LogP contribution in [0.2, 0.25) is 0 Å². The van der Waals surface area contributed by atoms with Crippen LogP contribution in [0.1, 0.15) is 19.3 Å². The first kappa shape index (κ1) is 7.59. The second-order valence-electron chi connectivity index (χ2n) is 2.68. The molecular weight excluding hydrogens is 126 g/mol. The monoisotopic (exact) mass is 139 g/mol. The van der Waals surface area contributed by atoms with Crippen molar-refractivity contribution in [1.82, 2.24) is 5.32 Å². The minimum atomic E-state index is -0.340. The van der Waals surface area contributed by atoms with Crippen LogP contribution in [0, 0.1) is 12.3 Å². The Morgan fingerprint density at radius 3 is 3.10 bits per heavy atom. The van der Waals surface area contributed by atoms with Crippen LogP contribution in [-0.2, 0) is 0 Å². The van der Waals surface area contributed by atoms with Crippen LogP contribution in [0.3, 0.4) is 0 Å². The first-order valence-corrected chi connectivity index (χ1v) is 3.69. The molecule has 1 heterocycles. The lowest BCUT2D eigenvalue weighted by Gasteiger charge is -2.14. The van der Waals surface area contributed by atoms with Gasteiger partial charge in [-0.05, 0) is 19.4 Å². The van der Waals surface area contributed by atoms with E-state index < -0.39 is 0 Å². The summed E-state index contributed by atoms with van der Waals surface area (Å²) in [5, 5.41) is 12.5. The van der Waals surface area contributed by atoms with Crippen LogP contribution in [0.25, 0.3) is 0 Å². The highest BCUT2D eigenvalue weighted by atomic mass is 16.3. The van der Waals surface area contributed by atoms with Gasteiger partial charge in [0.1, 0.15) is 0 Å². The predicted molar refractivity (Wildman–Crippen MR) is 40.5 cm³/mol. The summed E-state index contributed by atoms with van der Waals surface area (Å²) in [6.07, 6.45) is 7.41. The Labute approximate surface area is 61.6 Å². The number of nitrogens with one attached hydrogen (secondary N) is 1. The van der Waals surface area contributed by atoms with Crippen molar-refractivity contribution in [2.24, 2.45) is 0 Å². The fourth-order valence-corrected chi connectivity index (χ4v) is 1.30. The van der Waals surface area contributed by atoms with Gasteiger partial charge in [-0.3, -0.25) is 0 Å². The molecule has 0 saturated carbocycles. The summed E-state index contributed by atoms with van der Waals surface area (Å²) in [5.41, 5.74) is 0. The van der Waals surface area contributed by atoms with Crippen LogP contribution in [0.4, 0.5) is 0 Å². The largest absolute Gasteiger partial charge is 0.391 e. The van der Waals surface area contributed by atoms with Crippen molar-refractivity contribution in [2.45, 2.75) is 31.4 Å². The number of terminal acetylenes is 1. The van der Waals surface area contributed by atoms with Crippen molar-refractivity contribution in [3.63, 3.8) is 0 Å². The van der Waals surface area contributed by atoms with E-state index in [4.69, 9.17) is 6.42 Å². The Morgan fingerprint density at radius 1 is 1.80 bits per heavy atom. The molecule has 1 aliphatic rings. The average molecular weight is 139 g/mol. The summed E-state index contributed by atoms with van der Waals surface area (Å²) in [6.45, 7) is 1.02. The van der Waals surface area contributed by atoms with Crippen LogP contribution < -0.4 is 5.32 Å². The molecule has 1 fully saturated rings. The third-order valence-electron chi connectivity index (χ3n) is 1.89. The van der Waals surface area contributed by atoms with E-state index in [9.17, 15) is 5.11 Å². The smallest absolute Gasteiger partial charge is 0.0802 e. The van der Waals surface area contributed by atoms with E-state index in [1.165, 1.54) is 0 Å². The number of aliphatic hydroxyl groups is 1. The van der Waals surface area contributed by atoms with Crippen LogP contribution >= 0.6 is 0 Å². The van der Waals surface area contributed by atoms with E-state index in [0.29, 0.717) is 6.42 Å². The molecule has 1 saturated heterocycles. The molecule has 56 valence electrons. The molecule has 1 aliphatic heterocycles. The molecule has 10 heavy (non-hydrogen) atoms. The number of hydrogen-bond acceptors (Lipinski definition) is 2. The Morgan fingerprint density at radius 2 is 2.60 bits per heavy atom. The van der Waals surface area contributed by atoms with Gasteiger partial charge in [0.2, 0.25) is 0 Å². The minimum absolute atomic E-state index is 0.246. The Kier molecular flexibility index (Phi) is 2.73. The first-order valence-electron chi connectivity index (χ1n) is 3.69. The van der Waals surface area contributed by atoms with Crippen molar-refractivity contribution in [1.29, 1.82) is 0 Å². The van der Waals surface area contributed by atoms with Crippen molar-refractivity contribution < 1.29 is 5.11 Å². The molecule has 0 radical (unpaired) electrons. The maximum Gasteiger partial charge on any atom is 0.0802 e. The highest BCUT2D eigenvalue weighted by Crippen LogP contribution is 2.10. The lowest BCUT2D eigenvalue weighted by atomic mass is 10.1. The molecule has 0 aromatic rings. The summed E-state index contributed by atoms with van der Waals surface area (Å²) < 4.78 is 0. The molecule has 1 rings (SSSR count). The molecule has 1 unspecified atom stereocenters. The summed E-state index contributed by atoms with van der Waals surface area (Å²) in [6, 6.07) is 0.246. The van der Waals surface area contributed by atoms with Gasteiger partial charge in [0, 0.05) is 12.5 Å². The zero-order valence-electron chi connectivity index (χ0n) is 6.01. The first-order chi connectivity index (χ1) is 4.84. The third-order valence-corrected chi connectivity index (χ3v) is 1.89. The number of aliphatic hydroxyl groups excluding tert-OH is 1. The predicted octanol–water partition coefficient (Wildman–Crippen LogP) is 0.123. The number of rotatable bonds is 2. The minimum Gasteiger partial charge on any atom is -0.391 e. The molecule has 2 nitrogen and oxygen atoms in total. The molecule has 0 amide bonds. The topological polar surface area (TPSA) is 32.3 Å². The van der Waals surface area contributed by atoms with Gasteiger partial charge in [0.25, 0.3) is 0 Å². The summed E-state index contributed by atoms with van der Waals surface area (Å²) in [4.78, 5) is 0. The van der Waals surface area contributed by atoms with E-state index in [2.05, 4.69) is 11.2 Å². The highest BCUT2D eigenvalue weighted by Gasteiger charge is 2.20. The van der Waals surface area contributed by atoms with E-state index >= 15 is 0 Å². The van der Waals surface area contributed by atoms with Gasteiger partial charge >= 0.3 is 0 Å². The van der Waals surface area contributed by atoms with E-state index in [-0.39, 0.29) is 12.1 Å². The maximum atomic E-state index is 9.34. The molecule has 2 atom stereocenters. The summed E-state index contributed by atoms with van der Waals surface area (Å²) in [7, 11) is 0. The summed E-state index contributed by atoms with van der Waals surface area (Å²) in [5.74, 6) is 2.45. The second kappa shape index (κ2) is 3.60. The van der Waals surface area contributed by atoms with Gasteiger partial charge in [-0.1, -0.05) is 0 Å². The van der Waals surface area contributed by atoms with E-state index in [1.807, 2.05) is 0 Å². The second-order valence-corrected chi connectivity index (χ2v) is 2.68. The van der Waals surface area contributed by atoms with Crippen LogP contribution in [0.5, 0.6) is 0 Å². The summed E-state index contributed by atoms with van der Waals surface area (Å²) >= 11 is 0. The van der Waals surface area contributed by atoms with Crippen molar-refractivity contribution in [2.75, 3.05) is 6.54 Å². The van der Waals surface area contributed by atoms with Crippen LogP contribution in [-0.4, -0.2) is 23.8 Å². The Hall–Kier alpha value is -0.520. The average Bonchev–Trinajstić information content (AvgIpc) is 2.38. The Balaban J connectivity index is 2.26. The van der Waals surface area contributed by atoms with E-state index in [0.717, 1.165) is 19.4 Å². The van der Waals surface area contributed by atoms with Gasteiger partial charge in [0.05, 0.1) is 6.10 Å². The molecule has 0 aromatic heterocycles. The standard InChI is InChI=1S/C8H13NO/c1-2-4-8(10)7-5-3-6-9-7/h1,7-10H,3-6H2/t7-,8?/m1/s1. The molecular formula is C8H13NO.